The molecule has 0 bridgehead atoms. The number of carbonyl (C=O) groups excluding carboxylic acids is 1. The number of carbonyl (C=O) groups is 1. The van der Waals surface area contributed by atoms with Crippen molar-refractivity contribution in [1.82, 2.24) is 0 Å². The first-order valence-electron chi connectivity index (χ1n) is 4.94. The van der Waals surface area contributed by atoms with Gasteiger partial charge >= 0.3 is 0 Å². The molecular formula is C11H14N2O2. The number of hydrogen-bond acceptors (Lipinski definition) is 3. The van der Waals surface area contributed by atoms with Gasteiger partial charge in [0, 0.05) is 5.69 Å². The van der Waals surface area contributed by atoms with Gasteiger partial charge < -0.3 is 16.2 Å². The molecule has 1 saturated carbocycles. The largest absolute Gasteiger partial charge is 0.392 e. The van der Waals surface area contributed by atoms with Crippen LogP contribution in [0.1, 0.15) is 18.4 Å². The maximum Gasteiger partial charge on any atom is 0.244 e. The van der Waals surface area contributed by atoms with Crippen molar-refractivity contribution in [2.24, 2.45) is 5.73 Å². The highest BCUT2D eigenvalue weighted by molar-refractivity contribution is 6.00. The summed E-state index contributed by atoms with van der Waals surface area (Å²) in [4.78, 5) is 11.6. The normalized spacial score (nSPS) is 17.2. The molecule has 1 aliphatic carbocycles. The van der Waals surface area contributed by atoms with E-state index in [0.29, 0.717) is 5.69 Å². The van der Waals surface area contributed by atoms with E-state index in [1.165, 1.54) is 0 Å². The Balaban J connectivity index is 2.07. The zero-order chi connectivity index (χ0) is 10.9. The molecule has 0 saturated heterocycles. The van der Waals surface area contributed by atoms with Crippen molar-refractivity contribution in [1.29, 1.82) is 0 Å². The fourth-order valence-electron chi connectivity index (χ4n) is 1.36. The van der Waals surface area contributed by atoms with E-state index in [9.17, 15) is 4.79 Å². The minimum atomic E-state index is -0.658. The number of hydrogen-bond donors (Lipinski definition) is 3. The molecule has 0 unspecified atom stereocenters. The fourth-order valence-corrected chi connectivity index (χ4v) is 1.36. The topological polar surface area (TPSA) is 75.4 Å². The molecule has 1 aromatic rings. The molecule has 4 N–H and O–H groups in total. The summed E-state index contributed by atoms with van der Waals surface area (Å²) in [6, 6.07) is 7.11. The Labute approximate surface area is 88.1 Å². The molecule has 15 heavy (non-hydrogen) atoms. The predicted molar refractivity (Wildman–Crippen MR) is 57.1 cm³/mol. The van der Waals surface area contributed by atoms with Crippen LogP contribution in [0.2, 0.25) is 0 Å². The maximum absolute atomic E-state index is 11.6. The van der Waals surface area contributed by atoms with E-state index < -0.39 is 5.54 Å². The van der Waals surface area contributed by atoms with Crippen molar-refractivity contribution < 1.29 is 9.90 Å². The van der Waals surface area contributed by atoms with Crippen LogP contribution < -0.4 is 11.1 Å². The fraction of sp³-hybridized carbons (Fsp3) is 0.364. The summed E-state index contributed by atoms with van der Waals surface area (Å²) < 4.78 is 0. The van der Waals surface area contributed by atoms with Crippen molar-refractivity contribution in [2.75, 3.05) is 5.32 Å². The Morgan fingerprint density at radius 3 is 2.87 bits per heavy atom. The lowest BCUT2D eigenvalue weighted by molar-refractivity contribution is -0.118. The molecule has 1 amide bonds. The molecule has 0 aliphatic heterocycles. The van der Waals surface area contributed by atoms with Crippen LogP contribution in [0, 0.1) is 0 Å². The maximum atomic E-state index is 11.6. The highest BCUT2D eigenvalue weighted by Crippen LogP contribution is 2.33. The van der Waals surface area contributed by atoms with Crippen LogP contribution in [0.25, 0.3) is 0 Å². The second kappa shape index (κ2) is 3.64. The van der Waals surface area contributed by atoms with E-state index in [1.54, 1.807) is 24.3 Å². The molecule has 4 nitrogen and oxygen atoms in total. The van der Waals surface area contributed by atoms with Crippen molar-refractivity contribution >= 4 is 11.6 Å². The van der Waals surface area contributed by atoms with Crippen molar-refractivity contribution in [3.05, 3.63) is 29.8 Å². The molecule has 1 aromatic carbocycles. The van der Waals surface area contributed by atoms with Gasteiger partial charge in [0.15, 0.2) is 0 Å². The van der Waals surface area contributed by atoms with Crippen LogP contribution in [0.4, 0.5) is 5.69 Å². The molecule has 1 aliphatic rings. The van der Waals surface area contributed by atoms with Gasteiger partial charge in [-0.2, -0.15) is 0 Å². The lowest BCUT2D eigenvalue weighted by Gasteiger charge is -2.10. The number of rotatable bonds is 3. The Bertz CT molecular complexity index is 386. The molecule has 0 aromatic heterocycles. The van der Waals surface area contributed by atoms with Gasteiger partial charge in [0.1, 0.15) is 0 Å². The Morgan fingerprint density at radius 1 is 1.53 bits per heavy atom. The van der Waals surface area contributed by atoms with Crippen molar-refractivity contribution in [3.8, 4) is 0 Å². The van der Waals surface area contributed by atoms with Gasteiger partial charge in [0.2, 0.25) is 5.91 Å². The number of aliphatic hydroxyl groups excluding tert-OH is 1. The monoisotopic (exact) mass is 206 g/mol. The average molecular weight is 206 g/mol. The third kappa shape index (κ3) is 2.16. The zero-order valence-corrected chi connectivity index (χ0v) is 8.36. The van der Waals surface area contributed by atoms with Gasteiger partial charge in [0.25, 0.3) is 0 Å². The lowest BCUT2D eigenvalue weighted by atomic mass is 10.2. The van der Waals surface area contributed by atoms with Crippen LogP contribution in [-0.2, 0) is 11.4 Å². The summed E-state index contributed by atoms with van der Waals surface area (Å²) in [5.41, 5.74) is 6.55. The molecule has 4 heteroatoms. The number of amides is 1. The number of aliphatic hydroxyl groups is 1. The van der Waals surface area contributed by atoms with Gasteiger partial charge in [-0.05, 0) is 30.5 Å². The number of benzene rings is 1. The van der Waals surface area contributed by atoms with E-state index in [2.05, 4.69) is 5.32 Å². The minimum absolute atomic E-state index is 0.0303. The van der Waals surface area contributed by atoms with Gasteiger partial charge in [-0.25, -0.2) is 0 Å². The summed E-state index contributed by atoms with van der Waals surface area (Å²) >= 11 is 0. The van der Waals surface area contributed by atoms with E-state index in [-0.39, 0.29) is 12.5 Å². The Hall–Kier alpha value is -1.39. The van der Waals surface area contributed by atoms with Crippen LogP contribution in [0.3, 0.4) is 0 Å². The summed E-state index contributed by atoms with van der Waals surface area (Å²) in [7, 11) is 0. The first kappa shape index (κ1) is 10.1. The third-order valence-corrected chi connectivity index (χ3v) is 2.61. The molecule has 0 spiro atoms. The quantitative estimate of drug-likeness (QED) is 0.678. The summed E-state index contributed by atoms with van der Waals surface area (Å²) in [6.45, 7) is -0.0303. The van der Waals surface area contributed by atoms with E-state index >= 15 is 0 Å². The molecular weight excluding hydrogens is 192 g/mol. The second-order valence-electron chi connectivity index (χ2n) is 3.97. The summed E-state index contributed by atoms with van der Waals surface area (Å²) in [5.74, 6) is -0.141. The first-order chi connectivity index (χ1) is 7.14. The van der Waals surface area contributed by atoms with E-state index in [4.69, 9.17) is 10.8 Å². The van der Waals surface area contributed by atoms with Gasteiger partial charge in [-0.3, -0.25) is 4.79 Å². The van der Waals surface area contributed by atoms with Gasteiger partial charge in [-0.15, -0.1) is 0 Å². The Morgan fingerprint density at radius 2 is 2.27 bits per heavy atom. The van der Waals surface area contributed by atoms with Crippen LogP contribution in [-0.4, -0.2) is 16.6 Å². The SMILES string of the molecule is NC1(C(=O)Nc2cccc(CO)c2)CC1. The van der Waals surface area contributed by atoms with Gasteiger partial charge in [-0.1, -0.05) is 12.1 Å². The van der Waals surface area contributed by atoms with Gasteiger partial charge in [0.05, 0.1) is 12.1 Å². The third-order valence-electron chi connectivity index (χ3n) is 2.61. The van der Waals surface area contributed by atoms with Crippen LogP contribution >= 0.6 is 0 Å². The van der Waals surface area contributed by atoms with Crippen LogP contribution in [0.15, 0.2) is 24.3 Å². The summed E-state index contributed by atoms with van der Waals surface area (Å²) in [5, 5.41) is 11.7. The second-order valence-corrected chi connectivity index (χ2v) is 3.97. The number of anilines is 1. The Kier molecular flexibility index (Phi) is 2.46. The molecule has 0 heterocycles. The van der Waals surface area contributed by atoms with Crippen molar-refractivity contribution in [2.45, 2.75) is 25.0 Å². The lowest BCUT2D eigenvalue weighted by Crippen LogP contribution is -2.37. The van der Waals surface area contributed by atoms with Crippen molar-refractivity contribution in [3.63, 3.8) is 0 Å². The smallest absolute Gasteiger partial charge is 0.244 e. The minimum Gasteiger partial charge on any atom is -0.392 e. The highest BCUT2D eigenvalue weighted by atomic mass is 16.3. The summed E-state index contributed by atoms with van der Waals surface area (Å²) in [6.07, 6.45) is 1.50. The molecule has 80 valence electrons. The number of nitrogens with one attached hydrogen (secondary N) is 1. The average Bonchev–Trinajstić information content (AvgIpc) is 2.98. The number of nitrogens with two attached hydrogens (primary N) is 1. The first-order valence-corrected chi connectivity index (χ1v) is 4.94. The van der Waals surface area contributed by atoms with E-state index in [1.807, 2.05) is 0 Å². The van der Waals surface area contributed by atoms with Crippen LogP contribution in [0.5, 0.6) is 0 Å². The molecule has 0 radical (unpaired) electrons. The van der Waals surface area contributed by atoms with E-state index in [0.717, 1.165) is 18.4 Å². The molecule has 0 atom stereocenters. The molecule has 2 rings (SSSR count). The highest BCUT2D eigenvalue weighted by Gasteiger charge is 2.45. The standard InChI is InChI=1S/C11H14N2O2/c12-11(4-5-11)10(15)13-9-3-1-2-8(6-9)7-14/h1-3,6,14H,4-5,7,12H2,(H,13,15). The predicted octanol–water partition coefficient (Wildman–Crippen LogP) is 0.609. The molecule has 1 fully saturated rings. The zero-order valence-electron chi connectivity index (χ0n) is 8.36.